The summed E-state index contributed by atoms with van der Waals surface area (Å²) in [7, 11) is 0. The Morgan fingerprint density at radius 1 is 1.26 bits per heavy atom. The molecule has 0 radical (unpaired) electrons. The molecule has 1 aromatic carbocycles. The summed E-state index contributed by atoms with van der Waals surface area (Å²) in [4.78, 5) is 8.39. The molecule has 0 unspecified atom stereocenters. The van der Waals surface area contributed by atoms with Gasteiger partial charge in [-0.15, -0.1) is 11.3 Å². The van der Waals surface area contributed by atoms with Gasteiger partial charge in [-0.05, 0) is 6.07 Å². The van der Waals surface area contributed by atoms with Crippen LogP contribution in [0.5, 0.6) is 0 Å². The molecule has 2 heterocycles. The maximum atomic E-state index is 13.7. The zero-order valence-corrected chi connectivity index (χ0v) is 12.9. The van der Waals surface area contributed by atoms with Gasteiger partial charge in [0.15, 0.2) is 5.13 Å². The molecule has 0 aliphatic carbocycles. The van der Waals surface area contributed by atoms with Crippen LogP contribution in [-0.2, 0) is 6.54 Å². The average Bonchev–Trinajstić information content (AvgIpc) is 3.07. The number of pyridine rings is 1. The maximum Gasteiger partial charge on any atom is 0.188 e. The minimum Gasteiger partial charge on any atom is -0.380 e. The highest BCUT2D eigenvalue weighted by molar-refractivity contribution is 7.13. The van der Waals surface area contributed by atoms with Crippen LogP contribution in [0.4, 0.5) is 21.0 Å². The number of benzene rings is 1. The Morgan fingerprint density at radius 3 is 2.87 bits per heavy atom. The number of hydrogen-bond donors (Lipinski definition) is 3. The standard InChI is InChI=1S/C16H14FN5S/c17-13-4-2-1-3-11(13)9-20-14-7-15(21-10-12(14)8-18)22-16-19-5-6-23-16/h1-8,10,18H,9H2,(H2,19,20,21,22). The Bertz CT molecular complexity index is 804. The molecule has 0 amide bonds. The molecule has 0 aliphatic heterocycles. The van der Waals surface area contributed by atoms with Crippen molar-refractivity contribution in [2.75, 3.05) is 10.6 Å². The van der Waals surface area contributed by atoms with E-state index >= 15 is 0 Å². The van der Waals surface area contributed by atoms with Gasteiger partial charge in [-0.2, -0.15) is 0 Å². The summed E-state index contributed by atoms with van der Waals surface area (Å²) >= 11 is 1.47. The lowest BCUT2D eigenvalue weighted by Crippen LogP contribution is -2.05. The Labute approximate surface area is 136 Å². The molecule has 0 saturated heterocycles. The van der Waals surface area contributed by atoms with Gasteiger partial charge in [0.05, 0.1) is 0 Å². The van der Waals surface area contributed by atoms with E-state index in [0.29, 0.717) is 29.2 Å². The summed E-state index contributed by atoms with van der Waals surface area (Å²) < 4.78 is 13.7. The molecule has 0 aliphatic rings. The lowest BCUT2D eigenvalue weighted by Gasteiger charge is -2.11. The lowest BCUT2D eigenvalue weighted by molar-refractivity contribution is 0.613. The van der Waals surface area contributed by atoms with Crippen LogP contribution >= 0.6 is 11.3 Å². The molecule has 0 spiro atoms. The molecule has 23 heavy (non-hydrogen) atoms. The fraction of sp³-hybridized carbons (Fsp3) is 0.0625. The second kappa shape index (κ2) is 6.97. The Balaban J connectivity index is 1.79. The number of rotatable bonds is 6. The normalized spacial score (nSPS) is 10.3. The number of nitrogens with one attached hydrogen (secondary N) is 3. The third-order valence-corrected chi connectivity index (χ3v) is 3.87. The fourth-order valence-corrected chi connectivity index (χ4v) is 2.57. The first-order valence-corrected chi connectivity index (χ1v) is 7.78. The molecule has 7 heteroatoms. The van der Waals surface area contributed by atoms with Crippen LogP contribution in [0, 0.1) is 11.2 Å². The number of aromatic nitrogens is 2. The zero-order valence-electron chi connectivity index (χ0n) is 12.1. The lowest BCUT2D eigenvalue weighted by atomic mass is 10.2. The van der Waals surface area contributed by atoms with E-state index in [1.54, 1.807) is 36.7 Å². The third kappa shape index (κ3) is 3.70. The third-order valence-electron chi connectivity index (χ3n) is 3.18. The van der Waals surface area contributed by atoms with Crippen LogP contribution in [0.25, 0.3) is 0 Å². The van der Waals surface area contributed by atoms with E-state index in [4.69, 9.17) is 5.41 Å². The van der Waals surface area contributed by atoms with E-state index in [1.807, 2.05) is 5.38 Å². The van der Waals surface area contributed by atoms with Gasteiger partial charge in [0.25, 0.3) is 0 Å². The van der Waals surface area contributed by atoms with Gasteiger partial charge in [0.2, 0.25) is 0 Å². The second-order valence-corrected chi connectivity index (χ2v) is 5.60. The molecule has 0 atom stereocenters. The molecule has 0 fully saturated rings. The van der Waals surface area contributed by atoms with Crippen molar-refractivity contribution in [1.29, 1.82) is 5.41 Å². The zero-order chi connectivity index (χ0) is 16.1. The second-order valence-electron chi connectivity index (χ2n) is 4.71. The monoisotopic (exact) mass is 327 g/mol. The maximum absolute atomic E-state index is 13.7. The van der Waals surface area contributed by atoms with Crippen molar-refractivity contribution in [3.8, 4) is 0 Å². The van der Waals surface area contributed by atoms with E-state index in [2.05, 4.69) is 20.6 Å². The van der Waals surface area contributed by atoms with Crippen LogP contribution in [0.15, 0.2) is 48.1 Å². The summed E-state index contributed by atoms with van der Waals surface area (Å²) in [6.07, 6.45) is 4.51. The molecule has 2 aromatic heterocycles. The van der Waals surface area contributed by atoms with Gasteiger partial charge >= 0.3 is 0 Å². The molecule has 3 aromatic rings. The first kappa shape index (κ1) is 15.1. The van der Waals surface area contributed by atoms with Crippen molar-refractivity contribution < 1.29 is 4.39 Å². The average molecular weight is 327 g/mol. The summed E-state index contributed by atoms with van der Waals surface area (Å²) in [5, 5.41) is 16.3. The molecule has 0 saturated carbocycles. The molecule has 3 rings (SSSR count). The fourth-order valence-electron chi connectivity index (χ4n) is 2.03. The number of thiazole rings is 1. The van der Waals surface area contributed by atoms with E-state index in [1.165, 1.54) is 23.6 Å². The van der Waals surface area contributed by atoms with Crippen molar-refractivity contribution in [3.63, 3.8) is 0 Å². The van der Waals surface area contributed by atoms with E-state index in [-0.39, 0.29) is 5.82 Å². The number of hydrogen-bond acceptors (Lipinski definition) is 6. The summed E-state index contributed by atoms with van der Waals surface area (Å²) in [6.45, 7) is 0.328. The predicted molar refractivity (Wildman–Crippen MR) is 91.2 cm³/mol. The number of anilines is 3. The van der Waals surface area contributed by atoms with E-state index < -0.39 is 0 Å². The first-order chi connectivity index (χ1) is 11.3. The number of halogens is 1. The van der Waals surface area contributed by atoms with Crippen molar-refractivity contribution >= 4 is 34.2 Å². The van der Waals surface area contributed by atoms with E-state index in [0.717, 1.165) is 5.13 Å². The van der Waals surface area contributed by atoms with Crippen molar-refractivity contribution in [2.24, 2.45) is 0 Å². The first-order valence-electron chi connectivity index (χ1n) is 6.90. The Morgan fingerprint density at radius 2 is 2.13 bits per heavy atom. The molecule has 3 N–H and O–H groups in total. The largest absolute Gasteiger partial charge is 0.380 e. The van der Waals surface area contributed by atoms with Gasteiger partial charge in [0.1, 0.15) is 11.6 Å². The smallest absolute Gasteiger partial charge is 0.188 e. The van der Waals surface area contributed by atoms with Crippen LogP contribution in [0.2, 0.25) is 0 Å². The van der Waals surface area contributed by atoms with E-state index in [9.17, 15) is 4.39 Å². The number of nitrogens with zero attached hydrogens (tertiary/aromatic N) is 2. The van der Waals surface area contributed by atoms with Crippen molar-refractivity contribution in [1.82, 2.24) is 9.97 Å². The highest BCUT2D eigenvalue weighted by atomic mass is 32.1. The summed E-state index contributed by atoms with van der Waals surface area (Å²) in [5.74, 6) is 0.355. The van der Waals surface area contributed by atoms with Gasteiger partial charge in [-0.3, -0.25) is 0 Å². The predicted octanol–water partition coefficient (Wildman–Crippen LogP) is 4.03. The molecular formula is C16H14FN5S. The highest BCUT2D eigenvalue weighted by Crippen LogP contribution is 2.22. The van der Waals surface area contributed by atoms with Crippen molar-refractivity contribution in [2.45, 2.75) is 6.54 Å². The SMILES string of the molecule is N=Cc1cnc(Nc2nccs2)cc1NCc1ccccc1F. The quantitative estimate of drug-likeness (QED) is 0.598. The van der Waals surface area contributed by atoms with Crippen LogP contribution < -0.4 is 10.6 Å². The van der Waals surface area contributed by atoms with Gasteiger partial charge in [-0.25, -0.2) is 14.4 Å². The highest BCUT2D eigenvalue weighted by Gasteiger charge is 2.06. The summed E-state index contributed by atoms with van der Waals surface area (Å²) in [5.41, 5.74) is 1.90. The molecule has 116 valence electrons. The topological polar surface area (TPSA) is 73.7 Å². The molecule has 0 bridgehead atoms. The molecular weight excluding hydrogens is 313 g/mol. The van der Waals surface area contributed by atoms with Crippen LogP contribution in [0.1, 0.15) is 11.1 Å². The van der Waals surface area contributed by atoms with Crippen molar-refractivity contribution in [3.05, 3.63) is 65.0 Å². The summed E-state index contributed by atoms with van der Waals surface area (Å²) in [6, 6.07) is 8.38. The van der Waals surface area contributed by atoms with Gasteiger partial charge in [0, 0.05) is 53.4 Å². The minimum atomic E-state index is -0.258. The van der Waals surface area contributed by atoms with Gasteiger partial charge in [-0.1, -0.05) is 18.2 Å². The Hall–Kier alpha value is -2.80. The van der Waals surface area contributed by atoms with Gasteiger partial charge < -0.3 is 16.0 Å². The minimum absolute atomic E-state index is 0.258. The molecule has 5 nitrogen and oxygen atoms in total. The Kier molecular flexibility index (Phi) is 4.58. The van der Waals surface area contributed by atoms with Crippen LogP contribution in [0.3, 0.4) is 0 Å². The van der Waals surface area contributed by atoms with Crippen LogP contribution in [-0.4, -0.2) is 16.2 Å².